The zero-order valence-corrected chi connectivity index (χ0v) is 11.9. The number of nitrogens with zero attached hydrogens (tertiary/aromatic N) is 3. The Bertz CT molecular complexity index is 560. The average molecular weight is 277 g/mol. The summed E-state index contributed by atoms with van der Waals surface area (Å²) < 4.78 is 13.9. The van der Waals surface area contributed by atoms with Gasteiger partial charge in [0.15, 0.2) is 0 Å². The number of aryl methyl sites for hydroxylation is 1. The molecule has 108 valence electrons. The fourth-order valence-electron chi connectivity index (χ4n) is 1.87. The van der Waals surface area contributed by atoms with E-state index in [1.165, 1.54) is 6.20 Å². The van der Waals surface area contributed by atoms with Gasteiger partial charge in [-0.1, -0.05) is 0 Å². The summed E-state index contributed by atoms with van der Waals surface area (Å²) in [5.74, 6) is 0.324. The van der Waals surface area contributed by atoms with Gasteiger partial charge in [0.05, 0.1) is 18.9 Å². The van der Waals surface area contributed by atoms with E-state index < -0.39 is 0 Å². The third-order valence-corrected chi connectivity index (χ3v) is 3.14. The quantitative estimate of drug-likeness (QED) is 0.755. The molecule has 0 saturated heterocycles. The van der Waals surface area contributed by atoms with Crippen molar-refractivity contribution >= 4 is 5.97 Å². The molecule has 0 amide bonds. The van der Waals surface area contributed by atoms with Gasteiger partial charge in [-0.25, -0.2) is 4.79 Å². The molecule has 0 aliphatic carbocycles. The average Bonchev–Trinajstić information content (AvgIpc) is 3.07. The highest BCUT2D eigenvalue weighted by Crippen LogP contribution is 2.15. The van der Waals surface area contributed by atoms with Crippen molar-refractivity contribution in [3.8, 4) is 5.82 Å². The maximum Gasteiger partial charge on any atom is 0.343 e. The van der Waals surface area contributed by atoms with E-state index in [0.29, 0.717) is 24.4 Å². The van der Waals surface area contributed by atoms with Crippen LogP contribution in [0, 0.1) is 0 Å². The number of hydrogen-bond acceptors (Lipinski definition) is 4. The Hall–Kier alpha value is -2.08. The Balaban J connectivity index is 2.08. The van der Waals surface area contributed by atoms with E-state index in [1.807, 2.05) is 36.0 Å². The minimum atomic E-state index is -0.370. The molecule has 6 heteroatoms. The Morgan fingerprint density at radius 2 is 2.10 bits per heavy atom. The number of rotatable bonds is 6. The lowest BCUT2D eigenvalue weighted by Crippen LogP contribution is -2.14. The molecule has 2 rings (SSSR count). The Labute approximate surface area is 117 Å². The normalized spacial score (nSPS) is 12.3. The van der Waals surface area contributed by atoms with E-state index in [2.05, 4.69) is 5.10 Å². The Kier molecular flexibility index (Phi) is 4.57. The molecule has 0 aromatic carbocycles. The van der Waals surface area contributed by atoms with Crippen molar-refractivity contribution in [3.05, 3.63) is 36.3 Å². The second kappa shape index (κ2) is 6.38. The maximum absolute atomic E-state index is 12.1. The molecule has 0 spiro atoms. The van der Waals surface area contributed by atoms with Gasteiger partial charge in [-0.15, -0.1) is 0 Å². The number of esters is 1. The van der Waals surface area contributed by atoms with Gasteiger partial charge in [-0.3, -0.25) is 4.68 Å². The van der Waals surface area contributed by atoms with Gasteiger partial charge in [0.2, 0.25) is 0 Å². The van der Waals surface area contributed by atoms with Crippen LogP contribution in [-0.2, 0) is 16.5 Å². The van der Waals surface area contributed by atoms with Gasteiger partial charge in [-0.05, 0) is 19.1 Å². The second-order valence-corrected chi connectivity index (χ2v) is 4.57. The van der Waals surface area contributed by atoms with Crippen LogP contribution in [0.2, 0.25) is 0 Å². The molecule has 0 aliphatic heterocycles. The summed E-state index contributed by atoms with van der Waals surface area (Å²) in [5.41, 5.74) is 0.453. The van der Waals surface area contributed by atoms with Crippen LogP contribution in [0.3, 0.4) is 0 Å². The van der Waals surface area contributed by atoms with E-state index >= 15 is 0 Å². The number of ether oxygens (including phenoxy) is 2. The highest BCUT2D eigenvalue weighted by atomic mass is 16.5. The molecule has 0 radical (unpaired) electrons. The Morgan fingerprint density at radius 3 is 2.75 bits per heavy atom. The standard InChI is InChI=1S/C14H19N3O3/c1-11(19-3)6-9-20-14(18)12-10-15-16(2)13(12)17-7-4-5-8-17/h4-5,7-8,10-11H,6,9H2,1-3H3/t11-/m1/s1. The first-order chi connectivity index (χ1) is 9.63. The monoisotopic (exact) mass is 277 g/mol. The zero-order valence-electron chi connectivity index (χ0n) is 11.9. The van der Waals surface area contributed by atoms with Crippen LogP contribution < -0.4 is 0 Å². The van der Waals surface area contributed by atoms with Gasteiger partial charge < -0.3 is 14.0 Å². The third-order valence-electron chi connectivity index (χ3n) is 3.14. The summed E-state index contributed by atoms with van der Waals surface area (Å²) in [5, 5.41) is 4.12. The predicted molar refractivity (Wildman–Crippen MR) is 73.9 cm³/mol. The number of carbonyl (C=O) groups is 1. The minimum Gasteiger partial charge on any atom is -0.462 e. The lowest BCUT2D eigenvalue weighted by atomic mass is 10.3. The highest BCUT2D eigenvalue weighted by Gasteiger charge is 2.18. The molecule has 1 atom stereocenters. The van der Waals surface area contributed by atoms with Gasteiger partial charge in [0.1, 0.15) is 11.4 Å². The number of carbonyl (C=O) groups excluding carboxylic acids is 1. The maximum atomic E-state index is 12.1. The molecule has 0 saturated carbocycles. The van der Waals surface area contributed by atoms with Crippen LogP contribution in [0.5, 0.6) is 0 Å². The van der Waals surface area contributed by atoms with E-state index in [9.17, 15) is 4.79 Å². The van der Waals surface area contributed by atoms with Crippen LogP contribution in [0.25, 0.3) is 5.82 Å². The molecule has 0 bridgehead atoms. The van der Waals surface area contributed by atoms with Crippen LogP contribution in [-0.4, -0.2) is 40.1 Å². The largest absolute Gasteiger partial charge is 0.462 e. The van der Waals surface area contributed by atoms with E-state index in [0.717, 1.165) is 0 Å². The second-order valence-electron chi connectivity index (χ2n) is 4.57. The van der Waals surface area contributed by atoms with Crippen molar-refractivity contribution in [1.82, 2.24) is 14.3 Å². The summed E-state index contributed by atoms with van der Waals surface area (Å²) in [6.45, 7) is 2.26. The summed E-state index contributed by atoms with van der Waals surface area (Å²) in [6.07, 6.45) is 5.99. The van der Waals surface area contributed by atoms with Crippen molar-refractivity contribution in [2.45, 2.75) is 19.4 Å². The number of aromatic nitrogens is 3. The Morgan fingerprint density at radius 1 is 1.40 bits per heavy atom. The summed E-state index contributed by atoms with van der Waals surface area (Å²) in [6, 6.07) is 3.78. The van der Waals surface area contributed by atoms with Crippen molar-refractivity contribution in [1.29, 1.82) is 0 Å². The minimum absolute atomic E-state index is 0.0700. The fraction of sp³-hybridized carbons (Fsp3) is 0.429. The number of methoxy groups -OCH3 is 1. The molecule has 6 nitrogen and oxygen atoms in total. The van der Waals surface area contributed by atoms with Crippen LogP contribution in [0.1, 0.15) is 23.7 Å². The van der Waals surface area contributed by atoms with Gasteiger partial charge >= 0.3 is 5.97 Å². The first kappa shape index (κ1) is 14.3. The first-order valence-corrected chi connectivity index (χ1v) is 6.48. The molecule has 20 heavy (non-hydrogen) atoms. The molecule has 0 aliphatic rings. The summed E-state index contributed by atoms with van der Waals surface area (Å²) in [7, 11) is 3.43. The number of hydrogen-bond donors (Lipinski definition) is 0. The van der Waals surface area contributed by atoms with E-state index in [1.54, 1.807) is 18.8 Å². The lowest BCUT2D eigenvalue weighted by molar-refractivity contribution is 0.0391. The summed E-state index contributed by atoms with van der Waals surface area (Å²) in [4.78, 5) is 12.1. The van der Waals surface area contributed by atoms with Crippen LogP contribution in [0.4, 0.5) is 0 Å². The van der Waals surface area contributed by atoms with Crippen molar-refractivity contribution in [3.63, 3.8) is 0 Å². The molecule has 2 heterocycles. The lowest BCUT2D eigenvalue weighted by Gasteiger charge is -2.10. The molecule has 0 fully saturated rings. The third kappa shape index (κ3) is 3.08. The van der Waals surface area contributed by atoms with Gasteiger partial charge in [0, 0.05) is 33.0 Å². The zero-order chi connectivity index (χ0) is 14.5. The van der Waals surface area contributed by atoms with Gasteiger partial charge in [-0.2, -0.15) is 5.10 Å². The van der Waals surface area contributed by atoms with Crippen molar-refractivity contribution < 1.29 is 14.3 Å². The van der Waals surface area contributed by atoms with Gasteiger partial charge in [0.25, 0.3) is 0 Å². The molecule has 0 unspecified atom stereocenters. The topological polar surface area (TPSA) is 58.3 Å². The molecule has 0 N–H and O–H groups in total. The molecular weight excluding hydrogens is 258 g/mol. The molecular formula is C14H19N3O3. The predicted octanol–water partition coefficient (Wildman–Crippen LogP) is 1.79. The molecule has 2 aromatic heterocycles. The van der Waals surface area contributed by atoms with Crippen molar-refractivity contribution in [2.24, 2.45) is 7.05 Å². The van der Waals surface area contributed by atoms with Crippen LogP contribution in [0.15, 0.2) is 30.7 Å². The highest BCUT2D eigenvalue weighted by molar-refractivity contribution is 5.92. The van der Waals surface area contributed by atoms with Crippen molar-refractivity contribution in [2.75, 3.05) is 13.7 Å². The SMILES string of the molecule is CO[C@H](C)CCOC(=O)c1cnn(C)c1-n1cccc1. The first-order valence-electron chi connectivity index (χ1n) is 6.48. The molecule has 2 aromatic rings. The smallest absolute Gasteiger partial charge is 0.343 e. The summed E-state index contributed by atoms with van der Waals surface area (Å²) >= 11 is 0. The fourth-order valence-corrected chi connectivity index (χ4v) is 1.87. The van der Waals surface area contributed by atoms with E-state index in [4.69, 9.17) is 9.47 Å². The van der Waals surface area contributed by atoms with Crippen LogP contribution >= 0.6 is 0 Å². The van der Waals surface area contributed by atoms with E-state index in [-0.39, 0.29) is 12.1 Å².